The molecule has 2 aliphatic heterocycles. The molecule has 3 rings (SSSR count). The van der Waals surface area contributed by atoms with E-state index in [4.69, 9.17) is 4.74 Å². The highest BCUT2D eigenvalue weighted by Gasteiger charge is 2.44. The average molecular weight is 222 g/mol. The van der Waals surface area contributed by atoms with E-state index in [0.717, 1.165) is 25.1 Å². The summed E-state index contributed by atoms with van der Waals surface area (Å²) in [5.41, 5.74) is 0.934. The number of fused-ring (bicyclic) bond motifs is 2. The summed E-state index contributed by atoms with van der Waals surface area (Å²) in [4.78, 5) is 0. The third-order valence-corrected chi connectivity index (χ3v) is 3.91. The molecule has 2 bridgehead atoms. The predicted molar refractivity (Wildman–Crippen MR) is 58.9 cm³/mol. The Kier molecular flexibility index (Phi) is 2.48. The van der Waals surface area contributed by atoms with Gasteiger partial charge in [0.1, 0.15) is 6.10 Å². The molecule has 0 aromatic carbocycles. The molecule has 2 aliphatic rings. The summed E-state index contributed by atoms with van der Waals surface area (Å²) in [6.07, 6.45) is 5.27. The van der Waals surface area contributed by atoms with Crippen molar-refractivity contribution in [2.75, 3.05) is 0 Å². The Hall–Kier alpha value is -0.870. The summed E-state index contributed by atoms with van der Waals surface area (Å²) in [5.74, 6) is 0.265. The van der Waals surface area contributed by atoms with Crippen molar-refractivity contribution in [3.8, 4) is 0 Å². The quantitative estimate of drug-likeness (QED) is 0.843. The van der Waals surface area contributed by atoms with Gasteiger partial charge >= 0.3 is 0 Å². The first-order valence-electron chi connectivity index (χ1n) is 6.15. The van der Waals surface area contributed by atoms with Gasteiger partial charge < -0.3 is 9.84 Å². The highest BCUT2D eigenvalue weighted by Crippen LogP contribution is 2.44. The summed E-state index contributed by atoms with van der Waals surface area (Å²) in [6.45, 7) is 2.85. The summed E-state index contributed by atoms with van der Waals surface area (Å²) in [5, 5.41) is 14.6. The van der Waals surface area contributed by atoms with Crippen LogP contribution in [0.2, 0.25) is 0 Å². The second-order valence-corrected chi connectivity index (χ2v) is 4.79. The molecular formula is C12H18N2O2. The fraction of sp³-hybridized carbons (Fsp3) is 0.750. The molecule has 2 fully saturated rings. The Morgan fingerprint density at radius 3 is 3.12 bits per heavy atom. The van der Waals surface area contributed by atoms with Crippen molar-refractivity contribution >= 4 is 0 Å². The number of rotatable bonds is 3. The van der Waals surface area contributed by atoms with E-state index < -0.39 is 6.10 Å². The average Bonchev–Trinajstić information content (AvgIpc) is 3.02. The van der Waals surface area contributed by atoms with Gasteiger partial charge in [-0.25, -0.2) is 0 Å². The third kappa shape index (κ3) is 1.48. The number of aromatic nitrogens is 2. The highest BCUT2D eigenvalue weighted by atomic mass is 16.5. The number of ether oxygens (including phenoxy) is 1. The molecule has 88 valence electrons. The maximum absolute atomic E-state index is 10.4. The van der Waals surface area contributed by atoms with Gasteiger partial charge in [0, 0.05) is 18.7 Å². The Balaban J connectivity index is 1.80. The number of aliphatic hydroxyl groups is 1. The van der Waals surface area contributed by atoms with Gasteiger partial charge in [0.25, 0.3) is 0 Å². The van der Waals surface area contributed by atoms with Crippen LogP contribution in [0.25, 0.3) is 0 Å². The first-order valence-corrected chi connectivity index (χ1v) is 6.15. The molecule has 3 heterocycles. The second-order valence-electron chi connectivity index (χ2n) is 4.79. The molecule has 0 aliphatic carbocycles. The Bertz CT molecular complexity index is 377. The van der Waals surface area contributed by atoms with Crippen LogP contribution in [0.4, 0.5) is 0 Å². The van der Waals surface area contributed by atoms with Crippen molar-refractivity contribution in [3.63, 3.8) is 0 Å². The standard InChI is InChI=1S/C12H18N2O2/c1-2-14-10(5-6-13-14)12(15)9-7-8-3-4-11(9)16-8/h5-6,8-9,11-12,15H,2-4,7H2,1H3. The SMILES string of the molecule is CCn1nccc1C(O)C1CC2CCC1O2. The molecule has 2 saturated heterocycles. The van der Waals surface area contributed by atoms with Crippen molar-refractivity contribution in [1.29, 1.82) is 0 Å². The maximum atomic E-state index is 10.4. The van der Waals surface area contributed by atoms with Crippen molar-refractivity contribution in [3.05, 3.63) is 18.0 Å². The van der Waals surface area contributed by atoms with E-state index >= 15 is 0 Å². The summed E-state index contributed by atoms with van der Waals surface area (Å²) >= 11 is 0. The van der Waals surface area contributed by atoms with Crippen LogP contribution >= 0.6 is 0 Å². The summed E-state index contributed by atoms with van der Waals surface area (Å²) < 4.78 is 7.66. The molecule has 0 amide bonds. The Morgan fingerprint density at radius 2 is 2.50 bits per heavy atom. The van der Waals surface area contributed by atoms with Crippen molar-refractivity contribution in [1.82, 2.24) is 9.78 Å². The zero-order valence-electron chi connectivity index (χ0n) is 9.54. The number of hydrogen-bond acceptors (Lipinski definition) is 3. The minimum Gasteiger partial charge on any atom is -0.386 e. The maximum Gasteiger partial charge on any atom is 0.101 e. The first-order chi connectivity index (χ1) is 7.79. The van der Waals surface area contributed by atoms with Crippen LogP contribution in [-0.2, 0) is 11.3 Å². The van der Waals surface area contributed by atoms with Crippen LogP contribution in [0.1, 0.15) is 38.0 Å². The van der Waals surface area contributed by atoms with E-state index in [9.17, 15) is 5.11 Å². The lowest BCUT2D eigenvalue weighted by atomic mass is 9.84. The monoisotopic (exact) mass is 222 g/mol. The molecule has 1 aromatic rings. The van der Waals surface area contributed by atoms with E-state index in [1.165, 1.54) is 6.42 Å². The summed E-state index contributed by atoms with van der Waals surface area (Å²) in [6, 6.07) is 1.92. The molecule has 1 N–H and O–H groups in total. The van der Waals surface area contributed by atoms with Gasteiger partial charge in [0.2, 0.25) is 0 Å². The number of nitrogens with zero attached hydrogens (tertiary/aromatic N) is 2. The fourth-order valence-electron chi connectivity index (χ4n) is 3.09. The van der Waals surface area contributed by atoms with E-state index in [0.29, 0.717) is 6.10 Å². The molecule has 4 unspecified atom stereocenters. The molecule has 4 heteroatoms. The minimum absolute atomic E-state index is 0.264. The van der Waals surface area contributed by atoms with Gasteiger partial charge in [-0.1, -0.05) is 0 Å². The van der Waals surface area contributed by atoms with Gasteiger partial charge in [-0.3, -0.25) is 4.68 Å². The number of aryl methyl sites for hydroxylation is 1. The normalized spacial score (nSPS) is 34.5. The third-order valence-electron chi connectivity index (χ3n) is 3.91. The minimum atomic E-state index is -0.419. The van der Waals surface area contributed by atoms with E-state index in [1.54, 1.807) is 6.20 Å². The van der Waals surface area contributed by atoms with Crippen LogP contribution in [-0.4, -0.2) is 27.1 Å². The first kappa shape index (κ1) is 10.3. The zero-order chi connectivity index (χ0) is 11.1. The number of aliphatic hydroxyl groups excluding tert-OH is 1. The Labute approximate surface area is 95.2 Å². The van der Waals surface area contributed by atoms with E-state index in [2.05, 4.69) is 5.10 Å². The molecule has 4 nitrogen and oxygen atoms in total. The van der Waals surface area contributed by atoms with Crippen molar-refractivity contribution in [2.45, 2.75) is 51.0 Å². The second kappa shape index (κ2) is 3.86. The van der Waals surface area contributed by atoms with Crippen LogP contribution in [0, 0.1) is 5.92 Å². The van der Waals surface area contributed by atoms with Crippen LogP contribution in [0.3, 0.4) is 0 Å². The van der Waals surface area contributed by atoms with Crippen LogP contribution in [0.5, 0.6) is 0 Å². The fourth-order valence-corrected chi connectivity index (χ4v) is 3.09. The number of hydrogen-bond donors (Lipinski definition) is 1. The molecule has 1 aromatic heterocycles. The lowest BCUT2D eigenvalue weighted by Crippen LogP contribution is -2.25. The topological polar surface area (TPSA) is 47.3 Å². The van der Waals surface area contributed by atoms with Crippen LogP contribution in [0.15, 0.2) is 12.3 Å². The smallest absolute Gasteiger partial charge is 0.101 e. The molecule has 0 saturated carbocycles. The summed E-state index contributed by atoms with van der Waals surface area (Å²) in [7, 11) is 0. The van der Waals surface area contributed by atoms with Gasteiger partial charge in [-0.2, -0.15) is 5.10 Å². The largest absolute Gasteiger partial charge is 0.386 e. The molecule has 16 heavy (non-hydrogen) atoms. The van der Waals surface area contributed by atoms with E-state index in [1.807, 2.05) is 17.7 Å². The van der Waals surface area contributed by atoms with Crippen molar-refractivity contribution < 1.29 is 9.84 Å². The van der Waals surface area contributed by atoms with Gasteiger partial charge in [0.15, 0.2) is 0 Å². The van der Waals surface area contributed by atoms with Crippen LogP contribution < -0.4 is 0 Å². The molecular weight excluding hydrogens is 204 g/mol. The van der Waals surface area contributed by atoms with Gasteiger partial charge in [0.05, 0.1) is 17.9 Å². The molecule has 0 radical (unpaired) electrons. The van der Waals surface area contributed by atoms with Crippen molar-refractivity contribution in [2.24, 2.45) is 5.92 Å². The zero-order valence-corrected chi connectivity index (χ0v) is 9.54. The molecule has 4 atom stereocenters. The lowest BCUT2D eigenvalue weighted by Gasteiger charge is -2.24. The lowest BCUT2D eigenvalue weighted by molar-refractivity contribution is 0.0381. The van der Waals surface area contributed by atoms with Gasteiger partial charge in [-0.05, 0) is 32.3 Å². The Morgan fingerprint density at radius 1 is 1.62 bits per heavy atom. The molecule has 0 spiro atoms. The highest BCUT2D eigenvalue weighted by molar-refractivity contribution is 5.09. The predicted octanol–water partition coefficient (Wildman–Crippen LogP) is 1.50. The van der Waals surface area contributed by atoms with E-state index in [-0.39, 0.29) is 12.0 Å². The van der Waals surface area contributed by atoms with Gasteiger partial charge in [-0.15, -0.1) is 0 Å².